The minimum absolute atomic E-state index is 0.221. The van der Waals surface area contributed by atoms with E-state index in [1.807, 2.05) is 34.0 Å². The molecule has 0 saturated carbocycles. The SMILES string of the molecule is O=CNCC1CN(c2ccc(N3Cc4cn(Cc5ccccc5)nc4C3)c(F)c2)C(=O)O1. The largest absolute Gasteiger partial charge is 0.442 e. The number of rotatable bonds is 7. The predicted octanol–water partition coefficient (Wildman–Crippen LogP) is 2.66. The lowest BCUT2D eigenvalue weighted by atomic mass is 10.2. The van der Waals surface area contributed by atoms with E-state index in [1.165, 1.54) is 16.5 Å². The Morgan fingerprint density at radius 1 is 1.19 bits per heavy atom. The Balaban J connectivity index is 1.26. The molecule has 1 saturated heterocycles. The van der Waals surface area contributed by atoms with Crippen molar-refractivity contribution >= 4 is 23.9 Å². The van der Waals surface area contributed by atoms with E-state index in [0.717, 1.165) is 11.3 Å². The van der Waals surface area contributed by atoms with E-state index in [1.54, 1.807) is 12.1 Å². The zero-order valence-electron chi connectivity index (χ0n) is 17.3. The number of carbonyl (C=O) groups is 2. The highest BCUT2D eigenvalue weighted by molar-refractivity contribution is 5.90. The fourth-order valence-electron chi connectivity index (χ4n) is 4.17. The van der Waals surface area contributed by atoms with Crippen LogP contribution in [-0.4, -0.2) is 41.5 Å². The number of aromatic nitrogens is 2. The van der Waals surface area contributed by atoms with Gasteiger partial charge in [-0.2, -0.15) is 5.10 Å². The molecule has 1 atom stereocenters. The molecule has 1 unspecified atom stereocenters. The lowest BCUT2D eigenvalue weighted by Crippen LogP contribution is -2.30. The van der Waals surface area contributed by atoms with E-state index >= 15 is 0 Å². The third-order valence-corrected chi connectivity index (χ3v) is 5.70. The van der Waals surface area contributed by atoms with Crippen LogP contribution in [0.25, 0.3) is 0 Å². The van der Waals surface area contributed by atoms with E-state index in [9.17, 15) is 14.0 Å². The van der Waals surface area contributed by atoms with Crippen molar-refractivity contribution in [1.29, 1.82) is 0 Å². The molecular formula is C23H22FN5O3. The third-order valence-electron chi connectivity index (χ3n) is 5.70. The summed E-state index contributed by atoms with van der Waals surface area (Å²) in [6, 6.07) is 14.9. The second-order valence-electron chi connectivity index (χ2n) is 7.92. The van der Waals surface area contributed by atoms with Crippen molar-refractivity contribution in [2.45, 2.75) is 25.7 Å². The molecule has 2 aliphatic heterocycles. The van der Waals surface area contributed by atoms with Crippen LogP contribution in [-0.2, 0) is 29.2 Å². The fourth-order valence-corrected chi connectivity index (χ4v) is 4.17. The molecule has 1 aromatic heterocycles. The predicted molar refractivity (Wildman–Crippen MR) is 116 cm³/mol. The Labute approximate surface area is 184 Å². The van der Waals surface area contributed by atoms with Crippen LogP contribution in [0.3, 0.4) is 0 Å². The van der Waals surface area contributed by atoms with Gasteiger partial charge in [-0.05, 0) is 23.8 Å². The number of halogens is 1. The zero-order chi connectivity index (χ0) is 22.1. The van der Waals surface area contributed by atoms with Crippen LogP contribution in [0.5, 0.6) is 0 Å². The number of anilines is 2. The summed E-state index contributed by atoms with van der Waals surface area (Å²) < 4.78 is 22.1. The molecule has 0 bridgehead atoms. The molecule has 1 fully saturated rings. The fraction of sp³-hybridized carbons (Fsp3) is 0.261. The first-order valence-corrected chi connectivity index (χ1v) is 10.4. The summed E-state index contributed by atoms with van der Waals surface area (Å²) >= 11 is 0. The highest BCUT2D eigenvalue weighted by Crippen LogP contribution is 2.32. The second-order valence-corrected chi connectivity index (χ2v) is 7.92. The number of nitrogens with zero attached hydrogens (tertiary/aromatic N) is 4. The summed E-state index contributed by atoms with van der Waals surface area (Å²) in [6.07, 6.45) is 1.56. The normalized spacial score (nSPS) is 17.4. The molecule has 8 nitrogen and oxygen atoms in total. The summed E-state index contributed by atoms with van der Waals surface area (Å²) in [4.78, 5) is 25.9. The molecule has 0 aliphatic carbocycles. The van der Waals surface area contributed by atoms with E-state index < -0.39 is 18.0 Å². The first-order valence-electron chi connectivity index (χ1n) is 10.4. The minimum atomic E-state index is -0.552. The maximum absolute atomic E-state index is 15.0. The molecule has 5 rings (SSSR count). The molecule has 32 heavy (non-hydrogen) atoms. The maximum atomic E-state index is 15.0. The van der Waals surface area contributed by atoms with Crippen molar-refractivity contribution < 1.29 is 18.7 Å². The highest BCUT2D eigenvalue weighted by atomic mass is 19.1. The number of carbonyl (C=O) groups excluding carboxylic acids is 2. The number of amides is 2. The summed E-state index contributed by atoms with van der Waals surface area (Å²) in [5.74, 6) is -0.410. The Kier molecular flexibility index (Phi) is 5.22. The van der Waals surface area contributed by atoms with Crippen LogP contribution in [0.4, 0.5) is 20.6 Å². The van der Waals surface area contributed by atoms with Crippen molar-refractivity contribution in [3.8, 4) is 0 Å². The summed E-state index contributed by atoms with van der Waals surface area (Å²) in [6.45, 7) is 2.28. The van der Waals surface area contributed by atoms with Crippen LogP contribution in [0, 0.1) is 5.82 Å². The van der Waals surface area contributed by atoms with E-state index in [-0.39, 0.29) is 13.1 Å². The molecule has 9 heteroatoms. The standard InChI is InChI=1S/C23H22FN5O3/c24-20-8-18(29-13-19(9-25-15-30)32-23(29)31)6-7-22(20)27-11-17-12-28(26-21(17)14-27)10-16-4-2-1-3-5-16/h1-8,12,15,19H,9-11,13-14H2,(H,25,30). The Bertz CT molecular complexity index is 1130. The van der Waals surface area contributed by atoms with Crippen LogP contribution in [0.2, 0.25) is 0 Å². The Morgan fingerprint density at radius 2 is 2.03 bits per heavy atom. The van der Waals surface area contributed by atoms with Gasteiger partial charge >= 0.3 is 6.09 Å². The summed E-state index contributed by atoms with van der Waals surface area (Å²) in [5, 5.41) is 7.16. The van der Waals surface area contributed by atoms with Crippen molar-refractivity contribution in [3.05, 3.63) is 77.4 Å². The van der Waals surface area contributed by atoms with Gasteiger partial charge in [-0.1, -0.05) is 30.3 Å². The van der Waals surface area contributed by atoms with Gasteiger partial charge in [-0.3, -0.25) is 14.4 Å². The molecule has 2 aliphatic rings. The highest BCUT2D eigenvalue weighted by Gasteiger charge is 2.33. The van der Waals surface area contributed by atoms with Crippen LogP contribution in [0.15, 0.2) is 54.7 Å². The van der Waals surface area contributed by atoms with Gasteiger partial charge in [0, 0.05) is 18.3 Å². The quantitative estimate of drug-likeness (QED) is 0.578. The van der Waals surface area contributed by atoms with E-state index in [2.05, 4.69) is 22.5 Å². The molecule has 0 spiro atoms. The number of benzene rings is 2. The second kappa shape index (κ2) is 8.33. The van der Waals surface area contributed by atoms with Gasteiger partial charge < -0.3 is 15.0 Å². The number of ether oxygens (including phenoxy) is 1. The number of fused-ring (bicyclic) bond motifs is 1. The minimum Gasteiger partial charge on any atom is -0.442 e. The summed E-state index contributed by atoms with van der Waals surface area (Å²) in [7, 11) is 0. The van der Waals surface area contributed by atoms with Gasteiger partial charge in [0.25, 0.3) is 0 Å². The molecule has 0 radical (unpaired) electrons. The van der Waals surface area contributed by atoms with Gasteiger partial charge in [0.15, 0.2) is 0 Å². The first-order chi connectivity index (χ1) is 15.6. The molecule has 2 aromatic carbocycles. The zero-order valence-corrected chi connectivity index (χ0v) is 17.3. The number of hydrogen-bond acceptors (Lipinski definition) is 5. The van der Waals surface area contributed by atoms with Crippen LogP contribution in [0.1, 0.15) is 16.8 Å². The molecule has 3 heterocycles. The third kappa shape index (κ3) is 3.89. The lowest BCUT2D eigenvalue weighted by molar-refractivity contribution is -0.109. The van der Waals surface area contributed by atoms with Crippen LogP contribution >= 0.6 is 0 Å². The summed E-state index contributed by atoms with van der Waals surface area (Å²) in [5.41, 5.74) is 4.09. The van der Waals surface area contributed by atoms with Crippen molar-refractivity contribution in [2.75, 3.05) is 22.9 Å². The van der Waals surface area contributed by atoms with E-state index in [4.69, 9.17) is 4.74 Å². The van der Waals surface area contributed by atoms with E-state index in [0.29, 0.717) is 37.4 Å². The molecular weight excluding hydrogens is 413 g/mol. The maximum Gasteiger partial charge on any atom is 0.414 e. The van der Waals surface area contributed by atoms with Gasteiger partial charge in [0.05, 0.1) is 43.2 Å². The van der Waals surface area contributed by atoms with Crippen molar-refractivity contribution in [2.24, 2.45) is 0 Å². The Hall–Kier alpha value is -3.88. The molecule has 1 N–H and O–H groups in total. The Morgan fingerprint density at radius 3 is 2.78 bits per heavy atom. The first kappa shape index (κ1) is 20.0. The van der Waals surface area contributed by atoms with Crippen molar-refractivity contribution in [1.82, 2.24) is 15.1 Å². The van der Waals surface area contributed by atoms with Gasteiger partial charge in [-0.25, -0.2) is 9.18 Å². The van der Waals surface area contributed by atoms with Gasteiger partial charge in [-0.15, -0.1) is 0 Å². The topological polar surface area (TPSA) is 79.7 Å². The van der Waals surface area contributed by atoms with Crippen molar-refractivity contribution in [3.63, 3.8) is 0 Å². The average molecular weight is 435 g/mol. The number of cyclic esters (lactones) is 1. The van der Waals surface area contributed by atoms with Gasteiger partial charge in [0.2, 0.25) is 6.41 Å². The van der Waals surface area contributed by atoms with Crippen LogP contribution < -0.4 is 15.1 Å². The molecule has 2 amide bonds. The molecule has 3 aromatic rings. The van der Waals surface area contributed by atoms with Gasteiger partial charge in [0.1, 0.15) is 11.9 Å². The lowest BCUT2D eigenvalue weighted by Gasteiger charge is -2.21. The number of hydrogen-bond donors (Lipinski definition) is 1. The smallest absolute Gasteiger partial charge is 0.414 e. The number of nitrogens with one attached hydrogen (secondary N) is 1. The monoisotopic (exact) mass is 435 g/mol. The average Bonchev–Trinajstić information content (AvgIpc) is 3.46. The molecule has 164 valence electrons.